The van der Waals surface area contributed by atoms with Crippen LogP contribution in [-0.4, -0.2) is 37.7 Å². The van der Waals surface area contributed by atoms with Crippen LogP contribution in [0.4, 0.5) is 0 Å². The first-order chi connectivity index (χ1) is 7.36. The van der Waals surface area contributed by atoms with Crippen LogP contribution in [0.15, 0.2) is 0 Å². The Balaban J connectivity index is 5.27. The summed E-state index contributed by atoms with van der Waals surface area (Å²) in [6.07, 6.45) is 0. The fourth-order valence-corrected chi connectivity index (χ4v) is 1.33. The lowest BCUT2D eigenvalue weighted by atomic mass is 9.86. The fraction of sp³-hybridized carbons (Fsp3) is 0.600. The van der Waals surface area contributed by atoms with E-state index in [1.165, 1.54) is 0 Å². The molecule has 6 heteroatoms. The van der Waals surface area contributed by atoms with Crippen molar-refractivity contribution in [1.82, 2.24) is 0 Å². The molecule has 0 aliphatic heterocycles. The van der Waals surface area contributed by atoms with Crippen molar-refractivity contribution in [3.05, 3.63) is 0 Å². The van der Waals surface area contributed by atoms with E-state index in [4.69, 9.17) is 0 Å². The van der Waals surface area contributed by atoms with Crippen LogP contribution in [0.5, 0.6) is 0 Å². The van der Waals surface area contributed by atoms with Crippen LogP contribution < -0.4 is 0 Å². The highest BCUT2D eigenvalue weighted by molar-refractivity contribution is 6.10. The second-order valence-corrected chi connectivity index (χ2v) is 3.22. The second kappa shape index (κ2) is 5.99. The third-order valence-corrected chi connectivity index (χ3v) is 2.12. The van der Waals surface area contributed by atoms with Crippen LogP contribution in [-0.2, 0) is 28.7 Å². The van der Waals surface area contributed by atoms with Crippen molar-refractivity contribution in [3.63, 3.8) is 0 Å². The van der Waals surface area contributed by atoms with Crippen molar-refractivity contribution in [2.45, 2.75) is 13.8 Å². The highest BCUT2D eigenvalue weighted by Crippen LogP contribution is 2.18. The summed E-state index contributed by atoms with van der Waals surface area (Å²) in [5, 5.41) is 0. The molecular weight excluding hydrogens is 216 g/mol. The number of rotatable bonds is 5. The maximum Gasteiger partial charge on any atom is 0.317 e. The maximum atomic E-state index is 11.3. The van der Waals surface area contributed by atoms with Gasteiger partial charge in [-0.05, 0) is 13.8 Å². The maximum absolute atomic E-state index is 11.3. The molecule has 0 aromatic heterocycles. The molecule has 0 fully saturated rings. The molecule has 90 valence electrons. The van der Waals surface area contributed by atoms with Crippen LogP contribution in [0.25, 0.3) is 0 Å². The zero-order chi connectivity index (χ0) is 12.9. The van der Waals surface area contributed by atoms with Crippen LogP contribution in [0.2, 0.25) is 0 Å². The summed E-state index contributed by atoms with van der Waals surface area (Å²) >= 11 is 0. The Labute approximate surface area is 92.9 Å². The largest absolute Gasteiger partial charge is 0.468 e. The van der Waals surface area contributed by atoms with Crippen molar-refractivity contribution in [2.24, 2.45) is 11.8 Å². The van der Waals surface area contributed by atoms with Gasteiger partial charge in [0.2, 0.25) is 0 Å². The Kier molecular flexibility index (Phi) is 5.35. The monoisotopic (exact) mass is 230 g/mol. The number of Topliss-reactive ketones (excluding diaryl/α,β-unsaturated/α-hetero) is 2. The van der Waals surface area contributed by atoms with Crippen LogP contribution >= 0.6 is 0 Å². The molecule has 0 N–H and O–H groups in total. The Morgan fingerprint density at radius 3 is 1.12 bits per heavy atom. The lowest BCUT2D eigenvalue weighted by Crippen LogP contribution is -2.40. The van der Waals surface area contributed by atoms with Gasteiger partial charge in [0.15, 0.2) is 0 Å². The molecule has 0 radical (unpaired) electrons. The highest BCUT2D eigenvalue weighted by atomic mass is 16.5. The molecule has 6 nitrogen and oxygen atoms in total. The minimum atomic E-state index is -1.44. The van der Waals surface area contributed by atoms with E-state index in [-0.39, 0.29) is 0 Å². The molecule has 16 heavy (non-hydrogen) atoms. The van der Waals surface area contributed by atoms with Crippen molar-refractivity contribution in [1.29, 1.82) is 0 Å². The minimum absolute atomic E-state index is 0.613. The Bertz CT molecular complexity index is 287. The summed E-state index contributed by atoms with van der Waals surface area (Å²) in [4.78, 5) is 45.1. The summed E-state index contributed by atoms with van der Waals surface area (Å²) in [7, 11) is 2.15. The topological polar surface area (TPSA) is 86.7 Å². The SMILES string of the molecule is COC(=O)C(C(C)=O)C(C(C)=O)C(=O)OC. The Morgan fingerprint density at radius 1 is 0.750 bits per heavy atom. The highest BCUT2D eigenvalue weighted by Gasteiger charge is 2.41. The second-order valence-electron chi connectivity index (χ2n) is 3.22. The molecule has 2 atom stereocenters. The number of methoxy groups -OCH3 is 2. The van der Waals surface area contributed by atoms with Crippen LogP contribution in [0.3, 0.4) is 0 Å². The Hall–Kier alpha value is -1.72. The minimum Gasteiger partial charge on any atom is -0.468 e. The molecule has 0 aliphatic rings. The molecule has 0 saturated heterocycles. The summed E-state index contributed by atoms with van der Waals surface area (Å²) in [5.41, 5.74) is 0. The number of carbonyl (C=O) groups is 4. The van der Waals surface area contributed by atoms with Gasteiger partial charge in [-0.15, -0.1) is 0 Å². The first-order valence-corrected chi connectivity index (χ1v) is 4.53. The summed E-state index contributed by atoms with van der Waals surface area (Å²) in [5.74, 6) is -5.93. The van der Waals surface area contributed by atoms with Crippen molar-refractivity contribution in [3.8, 4) is 0 Å². The Morgan fingerprint density at radius 2 is 1.00 bits per heavy atom. The number of ketones is 2. The van der Waals surface area contributed by atoms with Gasteiger partial charge in [-0.2, -0.15) is 0 Å². The molecule has 0 aromatic carbocycles. The first-order valence-electron chi connectivity index (χ1n) is 4.53. The van der Waals surface area contributed by atoms with E-state index in [0.29, 0.717) is 0 Å². The standard InChI is InChI=1S/C10H14O6/c1-5(11)7(9(13)15-3)8(6(2)12)10(14)16-4/h7-8H,1-4H3. The third-order valence-electron chi connectivity index (χ3n) is 2.12. The zero-order valence-corrected chi connectivity index (χ0v) is 9.60. The normalized spacial score (nSPS) is 13.5. The molecular formula is C10H14O6. The number of esters is 2. The predicted octanol–water partition coefficient (Wildman–Crippen LogP) is -0.257. The summed E-state index contributed by atoms with van der Waals surface area (Å²) in [6, 6.07) is 0. The lowest BCUT2D eigenvalue weighted by Gasteiger charge is -2.18. The predicted molar refractivity (Wildman–Crippen MR) is 52.4 cm³/mol. The summed E-state index contributed by atoms with van der Waals surface area (Å²) in [6.45, 7) is 2.22. The van der Waals surface area contributed by atoms with E-state index in [1.54, 1.807) is 0 Å². The zero-order valence-electron chi connectivity index (χ0n) is 9.60. The van der Waals surface area contributed by atoms with Gasteiger partial charge in [0, 0.05) is 0 Å². The average Bonchev–Trinajstić information content (AvgIpc) is 2.22. The molecule has 0 spiro atoms. The molecule has 2 unspecified atom stereocenters. The molecule has 0 bridgehead atoms. The van der Waals surface area contributed by atoms with Crippen LogP contribution in [0, 0.1) is 11.8 Å². The lowest BCUT2D eigenvalue weighted by molar-refractivity contribution is -0.163. The molecule has 0 amide bonds. The number of hydrogen-bond donors (Lipinski definition) is 0. The smallest absolute Gasteiger partial charge is 0.317 e. The third kappa shape index (κ3) is 3.15. The van der Waals surface area contributed by atoms with E-state index in [9.17, 15) is 19.2 Å². The van der Waals surface area contributed by atoms with E-state index < -0.39 is 35.3 Å². The van der Waals surface area contributed by atoms with Crippen molar-refractivity contribution < 1.29 is 28.7 Å². The molecule has 0 heterocycles. The van der Waals surface area contributed by atoms with Gasteiger partial charge in [0.25, 0.3) is 0 Å². The van der Waals surface area contributed by atoms with Gasteiger partial charge >= 0.3 is 11.9 Å². The van der Waals surface area contributed by atoms with Gasteiger partial charge in [-0.1, -0.05) is 0 Å². The van der Waals surface area contributed by atoms with E-state index in [1.807, 2.05) is 0 Å². The van der Waals surface area contributed by atoms with Crippen molar-refractivity contribution in [2.75, 3.05) is 14.2 Å². The fourth-order valence-electron chi connectivity index (χ4n) is 1.33. The van der Waals surface area contributed by atoms with Gasteiger partial charge in [-0.3, -0.25) is 19.2 Å². The number of hydrogen-bond acceptors (Lipinski definition) is 6. The van der Waals surface area contributed by atoms with E-state index in [0.717, 1.165) is 28.1 Å². The van der Waals surface area contributed by atoms with Gasteiger partial charge < -0.3 is 9.47 Å². The van der Waals surface area contributed by atoms with Crippen LogP contribution in [0.1, 0.15) is 13.8 Å². The van der Waals surface area contributed by atoms with E-state index >= 15 is 0 Å². The average molecular weight is 230 g/mol. The quantitative estimate of drug-likeness (QED) is 0.478. The van der Waals surface area contributed by atoms with Gasteiger partial charge in [0.05, 0.1) is 14.2 Å². The first kappa shape index (κ1) is 14.3. The number of carbonyl (C=O) groups excluding carboxylic acids is 4. The van der Waals surface area contributed by atoms with Gasteiger partial charge in [0.1, 0.15) is 23.4 Å². The molecule has 0 saturated carbocycles. The molecule has 0 aliphatic carbocycles. The number of ether oxygens (including phenoxy) is 2. The van der Waals surface area contributed by atoms with E-state index in [2.05, 4.69) is 9.47 Å². The van der Waals surface area contributed by atoms with Crippen molar-refractivity contribution >= 4 is 23.5 Å². The molecule has 0 rings (SSSR count). The molecule has 0 aromatic rings. The summed E-state index contributed by atoms with van der Waals surface area (Å²) < 4.78 is 8.76. The van der Waals surface area contributed by atoms with Gasteiger partial charge in [-0.25, -0.2) is 0 Å².